The van der Waals surface area contributed by atoms with Crippen LogP contribution in [0.2, 0.25) is 5.02 Å². The molecule has 0 aliphatic carbocycles. The van der Waals surface area contributed by atoms with E-state index in [0.717, 1.165) is 29.1 Å². The van der Waals surface area contributed by atoms with Crippen molar-refractivity contribution >= 4 is 34.7 Å². The van der Waals surface area contributed by atoms with E-state index in [1.165, 1.54) is 17.1 Å². The third-order valence-electron chi connectivity index (χ3n) is 4.89. The molecule has 2 aromatic rings. The number of hydrogen-bond acceptors (Lipinski definition) is 3. The van der Waals surface area contributed by atoms with Crippen molar-refractivity contribution in [2.24, 2.45) is 10.5 Å². The fourth-order valence-electron chi connectivity index (χ4n) is 3.41. The lowest BCUT2D eigenvalue weighted by molar-refractivity contribution is -0.137. The molecule has 5 nitrogen and oxygen atoms in total. The molecule has 4 rings (SSSR count). The molecule has 2 aromatic carbocycles. The summed E-state index contributed by atoms with van der Waals surface area (Å²) < 4.78 is 38.0. The lowest BCUT2D eigenvalue weighted by Gasteiger charge is -2.32. The first kappa shape index (κ1) is 18.6. The lowest BCUT2D eigenvalue weighted by atomic mass is 9.79. The van der Waals surface area contributed by atoms with Gasteiger partial charge in [-0.2, -0.15) is 18.3 Å². The number of halogens is 4. The smallest absolute Gasteiger partial charge is 0.383 e. The molecular weight excluding hydrogens is 393 g/mol. The average molecular weight is 409 g/mol. The summed E-state index contributed by atoms with van der Waals surface area (Å²) in [6.45, 7) is 2.94. The van der Waals surface area contributed by atoms with Crippen molar-refractivity contribution in [2.75, 3.05) is 23.7 Å². The van der Waals surface area contributed by atoms with Crippen LogP contribution in [-0.4, -0.2) is 29.8 Å². The fraction of sp³-hybridized carbons (Fsp3) is 0.263. The van der Waals surface area contributed by atoms with E-state index in [1.54, 1.807) is 6.07 Å². The monoisotopic (exact) mass is 408 g/mol. The molecule has 28 heavy (non-hydrogen) atoms. The maximum atomic E-state index is 12.7. The summed E-state index contributed by atoms with van der Waals surface area (Å²) in [5, 5.41) is 12.3. The zero-order valence-electron chi connectivity index (χ0n) is 14.8. The summed E-state index contributed by atoms with van der Waals surface area (Å²) in [7, 11) is 0. The topological polar surface area (TPSA) is 56.7 Å². The Morgan fingerprint density at radius 3 is 2.64 bits per heavy atom. The van der Waals surface area contributed by atoms with Crippen LogP contribution in [0.5, 0.6) is 0 Å². The van der Waals surface area contributed by atoms with Crippen LogP contribution in [0.1, 0.15) is 18.1 Å². The van der Waals surface area contributed by atoms with Gasteiger partial charge in [0.2, 0.25) is 0 Å². The lowest BCUT2D eigenvalue weighted by Crippen LogP contribution is -2.42. The number of carbonyl (C=O) groups excluding carboxylic acids is 1. The number of urea groups is 1. The van der Waals surface area contributed by atoms with Crippen LogP contribution < -0.4 is 10.6 Å². The molecule has 2 heterocycles. The second-order valence-corrected chi connectivity index (χ2v) is 7.55. The normalized spacial score (nSPS) is 20.8. The number of alkyl halides is 3. The minimum Gasteiger partial charge on any atom is -0.383 e. The molecule has 0 saturated heterocycles. The van der Waals surface area contributed by atoms with Crippen molar-refractivity contribution in [1.82, 2.24) is 5.01 Å². The van der Waals surface area contributed by atoms with Gasteiger partial charge >= 0.3 is 12.2 Å². The first-order valence-corrected chi connectivity index (χ1v) is 8.92. The van der Waals surface area contributed by atoms with E-state index in [-0.39, 0.29) is 11.1 Å². The van der Waals surface area contributed by atoms with Crippen LogP contribution in [-0.2, 0) is 6.18 Å². The van der Waals surface area contributed by atoms with Crippen LogP contribution in [0.25, 0.3) is 0 Å². The van der Waals surface area contributed by atoms with Crippen LogP contribution in [0, 0.1) is 5.41 Å². The highest BCUT2D eigenvalue weighted by molar-refractivity contribution is 6.31. The highest BCUT2D eigenvalue weighted by atomic mass is 35.5. The Kier molecular flexibility index (Phi) is 4.26. The van der Waals surface area contributed by atoms with E-state index < -0.39 is 17.8 Å². The molecule has 1 atom stereocenters. The molecule has 0 bridgehead atoms. The van der Waals surface area contributed by atoms with Crippen molar-refractivity contribution in [2.45, 2.75) is 13.1 Å². The summed E-state index contributed by atoms with van der Waals surface area (Å²) in [5.74, 6) is 0. The van der Waals surface area contributed by atoms with Crippen molar-refractivity contribution in [1.29, 1.82) is 0 Å². The predicted octanol–water partition coefficient (Wildman–Crippen LogP) is 5.04. The van der Waals surface area contributed by atoms with Gasteiger partial charge in [0.15, 0.2) is 0 Å². The van der Waals surface area contributed by atoms with Gasteiger partial charge in [0.25, 0.3) is 0 Å². The highest BCUT2D eigenvalue weighted by Gasteiger charge is 2.44. The van der Waals surface area contributed by atoms with Crippen molar-refractivity contribution in [3.8, 4) is 0 Å². The number of carbonyl (C=O) groups is 1. The first-order valence-electron chi connectivity index (χ1n) is 8.54. The second-order valence-electron chi connectivity index (χ2n) is 7.12. The van der Waals surface area contributed by atoms with E-state index >= 15 is 0 Å². The number of nitrogens with zero attached hydrogens (tertiary/aromatic N) is 2. The number of benzene rings is 2. The molecule has 0 saturated carbocycles. The number of rotatable bonds is 1. The van der Waals surface area contributed by atoms with Gasteiger partial charge in [-0.05, 0) is 42.5 Å². The van der Waals surface area contributed by atoms with Gasteiger partial charge in [-0.15, -0.1) is 0 Å². The predicted molar refractivity (Wildman–Crippen MR) is 102 cm³/mol. The molecule has 146 valence electrons. The Morgan fingerprint density at radius 1 is 1.25 bits per heavy atom. The van der Waals surface area contributed by atoms with E-state index in [9.17, 15) is 18.0 Å². The van der Waals surface area contributed by atoms with Crippen LogP contribution in [0.15, 0.2) is 47.6 Å². The van der Waals surface area contributed by atoms with E-state index in [0.29, 0.717) is 18.1 Å². The summed E-state index contributed by atoms with van der Waals surface area (Å²) in [5.41, 5.74) is 1.63. The molecule has 2 aliphatic heterocycles. The number of amides is 2. The van der Waals surface area contributed by atoms with E-state index in [4.69, 9.17) is 11.6 Å². The van der Waals surface area contributed by atoms with Gasteiger partial charge in [0.05, 0.1) is 17.8 Å². The molecule has 1 unspecified atom stereocenters. The molecule has 0 aromatic heterocycles. The summed E-state index contributed by atoms with van der Waals surface area (Å²) in [4.78, 5) is 12.6. The number of hydrogen-bond donors (Lipinski definition) is 2. The minimum atomic E-state index is -4.42. The second kappa shape index (κ2) is 6.41. The van der Waals surface area contributed by atoms with Gasteiger partial charge in [0, 0.05) is 33.9 Å². The van der Waals surface area contributed by atoms with E-state index in [2.05, 4.69) is 15.7 Å². The third-order valence-corrected chi connectivity index (χ3v) is 5.13. The van der Waals surface area contributed by atoms with Crippen molar-refractivity contribution in [3.63, 3.8) is 0 Å². The molecule has 2 N–H and O–H groups in total. The van der Waals surface area contributed by atoms with Gasteiger partial charge < -0.3 is 10.6 Å². The molecule has 0 spiro atoms. The Morgan fingerprint density at radius 2 is 1.96 bits per heavy atom. The van der Waals surface area contributed by atoms with Gasteiger partial charge in [-0.3, -0.25) is 0 Å². The first-order chi connectivity index (χ1) is 13.2. The minimum absolute atomic E-state index is 0.267. The average Bonchev–Trinajstić information content (AvgIpc) is 2.99. The Labute approximate surface area is 164 Å². The maximum Gasteiger partial charge on any atom is 0.416 e. The largest absolute Gasteiger partial charge is 0.416 e. The van der Waals surface area contributed by atoms with E-state index in [1.807, 2.05) is 19.1 Å². The summed E-state index contributed by atoms with van der Waals surface area (Å²) in [6, 6.07) is 9.23. The maximum absolute atomic E-state index is 12.7. The SMILES string of the molecule is CC12CNc3cc(Cl)ccc3C1=NN(C(=O)Nc1ccc(C(F)(F)F)cc1)C2. The number of anilines is 2. The zero-order valence-corrected chi connectivity index (χ0v) is 15.5. The highest BCUT2D eigenvalue weighted by Crippen LogP contribution is 2.39. The summed E-state index contributed by atoms with van der Waals surface area (Å²) in [6.07, 6.45) is -4.42. The quantitative estimate of drug-likeness (QED) is 0.694. The van der Waals surface area contributed by atoms with Crippen LogP contribution in [0.4, 0.5) is 29.3 Å². The summed E-state index contributed by atoms with van der Waals surface area (Å²) >= 11 is 6.04. The molecule has 2 amide bonds. The Bertz CT molecular complexity index is 974. The Balaban J connectivity index is 1.54. The van der Waals surface area contributed by atoms with Gasteiger partial charge in [-0.1, -0.05) is 18.5 Å². The van der Waals surface area contributed by atoms with Crippen molar-refractivity contribution < 1.29 is 18.0 Å². The van der Waals surface area contributed by atoms with Gasteiger partial charge in [-0.25, -0.2) is 9.80 Å². The van der Waals surface area contributed by atoms with Crippen LogP contribution in [0.3, 0.4) is 0 Å². The molecule has 0 radical (unpaired) electrons. The fourth-order valence-corrected chi connectivity index (χ4v) is 3.58. The molecule has 9 heteroatoms. The third kappa shape index (κ3) is 3.28. The zero-order chi connectivity index (χ0) is 20.1. The standard InChI is InChI=1S/C19H16ClF3N4O/c1-18-9-24-15-8-12(20)4-7-14(15)16(18)26-27(10-18)17(28)25-13-5-2-11(3-6-13)19(21,22)23/h2-8,24H,9-10H2,1H3,(H,25,28). The van der Waals surface area contributed by atoms with Crippen LogP contribution >= 0.6 is 11.6 Å². The molecule has 0 fully saturated rings. The molecular formula is C19H16ClF3N4O. The van der Waals surface area contributed by atoms with Gasteiger partial charge in [0.1, 0.15) is 0 Å². The Hall–Kier alpha value is -2.74. The number of hydrazone groups is 1. The number of nitrogens with one attached hydrogen (secondary N) is 2. The van der Waals surface area contributed by atoms with Crippen molar-refractivity contribution in [3.05, 3.63) is 58.6 Å². The molecule has 2 aliphatic rings. The number of fused-ring (bicyclic) bond motifs is 3.